The lowest BCUT2D eigenvalue weighted by Crippen LogP contribution is -2.33. The Labute approximate surface area is 156 Å². The zero-order valence-corrected chi connectivity index (χ0v) is 14.8. The van der Waals surface area contributed by atoms with Crippen LogP contribution in [0.5, 0.6) is 0 Å². The summed E-state index contributed by atoms with van der Waals surface area (Å²) in [5, 5.41) is 5.94. The van der Waals surface area contributed by atoms with Gasteiger partial charge in [-0.15, -0.1) is 0 Å². The van der Waals surface area contributed by atoms with E-state index in [2.05, 4.69) is 28.0 Å². The Morgan fingerprint density at radius 2 is 1.92 bits per heavy atom. The normalized spacial score (nSPS) is 11.0. The zero-order chi connectivity index (χ0) is 17.9. The predicted molar refractivity (Wildman–Crippen MR) is 101 cm³/mol. The molecule has 2 aromatic heterocycles. The third-order valence-electron chi connectivity index (χ3n) is 4.29. The Balaban J connectivity index is 1.56. The summed E-state index contributed by atoms with van der Waals surface area (Å²) >= 11 is 5.97. The van der Waals surface area contributed by atoms with E-state index in [0.29, 0.717) is 10.6 Å². The van der Waals surface area contributed by atoms with Crippen LogP contribution in [0.1, 0.15) is 15.9 Å². The monoisotopic (exact) mass is 362 g/mol. The molecule has 0 N–H and O–H groups in total. The molecule has 0 aliphatic carbocycles. The van der Waals surface area contributed by atoms with E-state index in [1.54, 1.807) is 35.1 Å². The number of carbonyl (C=O) groups is 1. The number of rotatable bonds is 5. The van der Waals surface area contributed by atoms with E-state index in [9.17, 15) is 4.79 Å². The quantitative estimate of drug-likeness (QED) is 0.399. The van der Waals surface area contributed by atoms with Crippen LogP contribution in [0.2, 0.25) is 5.02 Å². The molecule has 4 rings (SSSR count). The van der Waals surface area contributed by atoms with E-state index in [4.69, 9.17) is 11.6 Å². The van der Waals surface area contributed by atoms with Gasteiger partial charge in [0, 0.05) is 22.2 Å². The molecule has 0 saturated heterocycles. The van der Waals surface area contributed by atoms with Crippen molar-refractivity contribution in [3.63, 3.8) is 0 Å². The van der Waals surface area contributed by atoms with Crippen LogP contribution < -0.4 is 4.57 Å². The Bertz CT molecular complexity index is 1070. The Morgan fingerprint density at radius 1 is 1.08 bits per heavy atom. The number of nitrogens with zero attached hydrogens (tertiary/aromatic N) is 3. The zero-order valence-electron chi connectivity index (χ0n) is 14.0. The van der Waals surface area contributed by atoms with E-state index < -0.39 is 0 Å². The lowest BCUT2D eigenvalue weighted by Gasteiger charge is -2.04. The molecule has 128 valence electrons. The van der Waals surface area contributed by atoms with Gasteiger partial charge in [-0.25, -0.2) is 0 Å². The van der Waals surface area contributed by atoms with Crippen LogP contribution in [-0.2, 0) is 13.1 Å². The highest BCUT2D eigenvalue weighted by molar-refractivity contribution is 6.31. The fourth-order valence-electron chi connectivity index (χ4n) is 2.99. The van der Waals surface area contributed by atoms with Crippen molar-refractivity contribution < 1.29 is 9.36 Å². The third-order valence-corrected chi connectivity index (χ3v) is 4.52. The van der Waals surface area contributed by atoms with Gasteiger partial charge in [0.1, 0.15) is 6.54 Å². The maximum atomic E-state index is 12.5. The minimum absolute atomic E-state index is 0.0153. The van der Waals surface area contributed by atoms with E-state index in [-0.39, 0.29) is 12.3 Å². The molecule has 4 nitrogen and oxygen atoms in total. The summed E-state index contributed by atoms with van der Waals surface area (Å²) in [5.74, 6) is -0.0153. The molecule has 2 aromatic carbocycles. The Morgan fingerprint density at radius 3 is 2.73 bits per heavy atom. The standard InChI is InChI=1S/C21H17ClN3O/c22-19-8-4-7-17(11-19)21(26)15-25-20-9-10-24(14-18(20)12-23-25)13-16-5-2-1-3-6-16/h1-12,14H,13,15H2/q+1. The van der Waals surface area contributed by atoms with Gasteiger partial charge in [0.15, 0.2) is 24.7 Å². The van der Waals surface area contributed by atoms with Crippen molar-refractivity contribution in [3.8, 4) is 0 Å². The van der Waals surface area contributed by atoms with Gasteiger partial charge in [0.05, 0.1) is 17.1 Å². The number of fused-ring (bicyclic) bond motifs is 1. The molecule has 26 heavy (non-hydrogen) atoms. The largest absolute Gasteiger partial charge is 0.292 e. The summed E-state index contributed by atoms with van der Waals surface area (Å²) < 4.78 is 3.84. The van der Waals surface area contributed by atoms with Crippen molar-refractivity contribution in [1.29, 1.82) is 0 Å². The number of pyridine rings is 1. The summed E-state index contributed by atoms with van der Waals surface area (Å²) in [6, 6.07) is 19.3. The van der Waals surface area contributed by atoms with Gasteiger partial charge in [-0.3, -0.25) is 9.48 Å². The van der Waals surface area contributed by atoms with E-state index in [1.165, 1.54) is 5.56 Å². The maximum Gasteiger partial charge on any atom is 0.184 e. The molecule has 0 bridgehead atoms. The highest BCUT2D eigenvalue weighted by atomic mass is 35.5. The first-order valence-corrected chi connectivity index (χ1v) is 8.74. The highest BCUT2D eigenvalue weighted by Gasteiger charge is 2.13. The first-order valence-electron chi connectivity index (χ1n) is 8.36. The summed E-state index contributed by atoms with van der Waals surface area (Å²) in [6.45, 7) is 0.982. The van der Waals surface area contributed by atoms with Gasteiger partial charge in [0.25, 0.3) is 0 Å². The average Bonchev–Trinajstić information content (AvgIpc) is 3.04. The molecule has 0 unspecified atom stereocenters. The molecule has 0 aliphatic rings. The Kier molecular flexibility index (Phi) is 4.50. The number of Topliss-reactive ketones (excluding diaryl/α,β-unsaturated/α-hetero) is 1. The van der Waals surface area contributed by atoms with Crippen LogP contribution in [0, 0.1) is 0 Å². The number of ketones is 1. The van der Waals surface area contributed by atoms with Crippen molar-refractivity contribution in [1.82, 2.24) is 9.78 Å². The molecular formula is C21H17ClN3O+. The molecule has 0 atom stereocenters. The van der Waals surface area contributed by atoms with E-state index in [1.807, 2.05) is 30.5 Å². The van der Waals surface area contributed by atoms with Crippen LogP contribution in [-0.4, -0.2) is 15.6 Å². The smallest absolute Gasteiger partial charge is 0.184 e. The third kappa shape index (κ3) is 3.51. The van der Waals surface area contributed by atoms with Crippen molar-refractivity contribution >= 4 is 28.3 Å². The van der Waals surface area contributed by atoms with Gasteiger partial charge in [-0.05, 0) is 12.1 Å². The number of hydrogen-bond acceptors (Lipinski definition) is 2. The number of hydrogen-bond donors (Lipinski definition) is 0. The molecule has 0 saturated carbocycles. The molecule has 0 fully saturated rings. The molecule has 4 aromatic rings. The second kappa shape index (κ2) is 7.10. The van der Waals surface area contributed by atoms with Gasteiger partial charge >= 0.3 is 0 Å². The summed E-state index contributed by atoms with van der Waals surface area (Å²) in [5.41, 5.74) is 2.77. The summed E-state index contributed by atoms with van der Waals surface area (Å²) in [4.78, 5) is 12.5. The maximum absolute atomic E-state index is 12.5. The lowest BCUT2D eigenvalue weighted by atomic mass is 10.1. The predicted octanol–water partition coefficient (Wildman–Crippen LogP) is 3.91. The number of aromatic nitrogens is 3. The molecule has 0 radical (unpaired) electrons. The van der Waals surface area contributed by atoms with Gasteiger partial charge < -0.3 is 0 Å². The molecule has 0 amide bonds. The minimum Gasteiger partial charge on any atom is -0.292 e. The van der Waals surface area contributed by atoms with Crippen LogP contribution in [0.4, 0.5) is 0 Å². The van der Waals surface area contributed by atoms with Crippen LogP contribution in [0.25, 0.3) is 10.9 Å². The SMILES string of the molecule is O=C(Cn1ncc2c[n+](Cc3ccccc3)ccc21)c1cccc(Cl)c1. The second-order valence-corrected chi connectivity index (χ2v) is 6.62. The first kappa shape index (κ1) is 16.5. The number of benzene rings is 2. The first-order chi connectivity index (χ1) is 12.7. The summed E-state index contributed by atoms with van der Waals surface area (Å²) in [6.07, 6.45) is 5.86. The molecular weight excluding hydrogens is 346 g/mol. The second-order valence-electron chi connectivity index (χ2n) is 6.18. The lowest BCUT2D eigenvalue weighted by molar-refractivity contribution is -0.687. The number of halogens is 1. The highest BCUT2D eigenvalue weighted by Crippen LogP contribution is 2.15. The van der Waals surface area contributed by atoms with Gasteiger partial charge in [-0.1, -0.05) is 54.1 Å². The minimum atomic E-state index is -0.0153. The van der Waals surface area contributed by atoms with Crippen molar-refractivity contribution in [2.45, 2.75) is 13.1 Å². The van der Waals surface area contributed by atoms with Gasteiger partial charge in [0.2, 0.25) is 0 Å². The average molecular weight is 363 g/mol. The molecule has 2 heterocycles. The topological polar surface area (TPSA) is 38.8 Å². The number of carbonyl (C=O) groups excluding carboxylic acids is 1. The van der Waals surface area contributed by atoms with Crippen molar-refractivity contribution in [3.05, 3.63) is 95.4 Å². The van der Waals surface area contributed by atoms with Crippen molar-refractivity contribution in [2.75, 3.05) is 0 Å². The fourth-order valence-corrected chi connectivity index (χ4v) is 3.18. The van der Waals surface area contributed by atoms with Gasteiger partial charge in [-0.2, -0.15) is 9.67 Å². The van der Waals surface area contributed by atoms with Crippen LogP contribution in [0.3, 0.4) is 0 Å². The molecule has 5 heteroatoms. The van der Waals surface area contributed by atoms with E-state index in [0.717, 1.165) is 17.4 Å². The summed E-state index contributed by atoms with van der Waals surface area (Å²) in [7, 11) is 0. The fraction of sp³-hybridized carbons (Fsp3) is 0.0952. The van der Waals surface area contributed by atoms with Crippen LogP contribution in [0.15, 0.2) is 79.3 Å². The van der Waals surface area contributed by atoms with Crippen molar-refractivity contribution in [2.24, 2.45) is 0 Å². The van der Waals surface area contributed by atoms with Crippen LogP contribution >= 0.6 is 11.6 Å². The molecule has 0 spiro atoms. The molecule has 0 aliphatic heterocycles. The Hall–Kier alpha value is -2.98. The van der Waals surface area contributed by atoms with E-state index >= 15 is 0 Å².